The molecule has 6 nitrogen and oxygen atoms in total. The molecule has 4 rings (SSSR count). The second kappa shape index (κ2) is 6.81. The SMILES string of the molecule is COc1cccc(C2C3=C(CC(C)(C)CC3=O)Nc3nc(SC)[nH]c(=O)c32)c1. The third kappa shape index (κ3) is 3.13. The molecule has 0 saturated heterocycles. The maximum absolute atomic E-state index is 13.2. The van der Waals surface area contributed by atoms with Crippen LogP contribution in [0.15, 0.2) is 45.5 Å². The van der Waals surface area contributed by atoms with Gasteiger partial charge in [-0.15, -0.1) is 0 Å². The molecule has 0 bridgehead atoms. The summed E-state index contributed by atoms with van der Waals surface area (Å²) < 4.78 is 5.37. The van der Waals surface area contributed by atoms with Gasteiger partial charge in [-0.05, 0) is 35.8 Å². The highest BCUT2D eigenvalue weighted by Gasteiger charge is 2.42. The Hall–Kier alpha value is -2.54. The van der Waals surface area contributed by atoms with Crippen LogP contribution in [-0.4, -0.2) is 29.1 Å². The van der Waals surface area contributed by atoms with Crippen LogP contribution >= 0.6 is 11.8 Å². The molecule has 1 atom stereocenters. The van der Waals surface area contributed by atoms with Crippen molar-refractivity contribution in [1.29, 1.82) is 0 Å². The van der Waals surface area contributed by atoms with Crippen LogP contribution in [0.5, 0.6) is 5.75 Å². The Balaban J connectivity index is 1.98. The molecule has 1 aromatic heterocycles. The standard InChI is InChI=1S/C21H23N3O3S/c1-21(2)9-13-16(14(25)10-21)15(11-6-5-7-12(8-11)27-3)17-18(22-13)23-20(28-4)24-19(17)26/h5-8,15H,9-10H2,1-4H3,(H2,22,23,24,26). The first kappa shape index (κ1) is 18.8. The number of H-pyrrole nitrogens is 1. The van der Waals surface area contributed by atoms with Gasteiger partial charge in [0.15, 0.2) is 10.9 Å². The highest BCUT2D eigenvalue weighted by molar-refractivity contribution is 7.98. The fraction of sp³-hybridized carbons (Fsp3) is 0.381. The van der Waals surface area contributed by atoms with Gasteiger partial charge >= 0.3 is 0 Å². The molecule has 2 aliphatic rings. The number of benzene rings is 1. The van der Waals surface area contributed by atoms with Crippen LogP contribution in [0.4, 0.5) is 5.82 Å². The Morgan fingerprint density at radius 2 is 2.04 bits per heavy atom. The Morgan fingerprint density at radius 3 is 2.75 bits per heavy atom. The van der Waals surface area contributed by atoms with Gasteiger partial charge in [0.2, 0.25) is 0 Å². The van der Waals surface area contributed by atoms with Crippen molar-refractivity contribution in [1.82, 2.24) is 9.97 Å². The molecule has 7 heteroatoms. The molecule has 2 aromatic rings. The summed E-state index contributed by atoms with van der Waals surface area (Å²) in [5.41, 5.74) is 2.52. The number of aromatic nitrogens is 2. The van der Waals surface area contributed by atoms with E-state index in [1.165, 1.54) is 11.8 Å². The molecule has 1 unspecified atom stereocenters. The molecule has 0 saturated carbocycles. The number of nitrogens with zero attached hydrogens (tertiary/aromatic N) is 1. The van der Waals surface area contributed by atoms with Crippen LogP contribution in [-0.2, 0) is 4.79 Å². The number of rotatable bonds is 3. The molecule has 146 valence electrons. The minimum atomic E-state index is -0.461. The van der Waals surface area contributed by atoms with Crippen LogP contribution in [0.2, 0.25) is 0 Å². The second-order valence-corrected chi connectivity index (χ2v) is 8.80. The molecule has 2 heterocycles. The van der Waals surface area contributed by atoms with E-state index in [2.05, 4.69) is 29.1 Å². The highest BCUT2D eigenvalue weighted by atomic mass is 32.2. The van der Waals surface area contributed by atoms with Gasteiger partial charge in [-0.1, -0.05) is 37.7 Å². The molecular formula is C21H23N3O3S. The number of thioether (sulfide) groups is 1. The fourth-order valence-electron chi connectivity index (χ4n) is 4.14. The first-order valence-electron chi connectivity index (χ1n) is 9.18. The number of ether oxygens (including phenoxy) is 1. The van der Waals surface area contributed by atoms with Crippen LogP contribution < -0.4 is 15.6 Å². The van der Waals surface area contributed by atoms with Crippen molar-refractivity contribution >= 4 is 23.4 Å². The highest BCUT2D eigenvalue weighted by Crippen LogP contribution is 2.47. The van der Waals surface area contributed by atoms with Crippen molar-refractivity contribution in [2.75, 3.05) is 18.7 Å². The van der Waals surface area contributed by atoms with Gasteiger partial charge < -0.3 is 15.0 Å². The monoisotopic (exact) mass is 397 g/mol. The van der Waals surface area contributed by atoms with E-state index in [-0.39, 0.29) is 16.8 Å². The van der Waals surface area contributed by atoms with E-state index in [0.29, 0.717) is 34.3 Å². The quantitative estimate of drug-likeness (QED) is 0.607. The number of carbonyl (C=O) groups excluding carboxylic acids is 1. The van der Waals surface area contributed by atoms with Crippen molar-refractivity contribution in [3.05, 3.63) is 57.0 Å². The zero-order chi connectivity index (χ0) is 20.1. The van der Waals surface area contributed by atoms with Crippen LogP contribution in [0.3, 0.4) is 0 Å². The Labute approximate surface area is 167 Å². The average molecular weight is 398 g/mol. The molecule has 0 radical (unpaired) electrons. The number of anilines is 1. The summed E-state index contributed by atoms with van der Waals surface area (Å²) in [5, 5.41) is 3.86. The number of aromatic amines is 1. The summed E-state index contributed by atoms with van der Waals surface area (Å²) >= 11 is 1.38. The number of carbonyl (C=O) groups is 1. The van der Waals surface area contributed by atoms with Crippen LogP contribution in [0.25, 0.3) is 0 Å². The third-order valence-electron chi connectivity index (χ3n) is 5.32. The molecule has 0 amide bonds. The van der Waals surface area contributed by atoms with Crippen molar-refractivity contribution in [3.8, 4) is 5.75 Å². The van der Waals surface area contributed by atoms with E-state index in [4.69, 9.17) is 4.74 Å². The largest absolute Gasteiger partial charge is 0.497 e. The Bertz CT molecular complexity index is 1060. The van der Waals surface area contributed by atoms with Crippen LogP contribution in [0.1, 0.15) is 43.7 Å². The van der Waals surface area contributed by atoms with Gasteiger partial charge in [-0.2, -0.15) is 0 Å². The van der Waals surface area contributed by atoms with E-state index in [0.717, 1.165) is 17.7 Å². The van der Waals surface area contributed by atoms with Gasteiger partial charge in [0, 0.05) is 23.6 Å². The number of nitrogens with one attached hydrogen (secondary N) is 2. The van der Waals surface area contributed by atoms with Crippen molar-refractivity contribution < 1.29 is 9.53 Å². The summed E-state index contributed by atoms with van der Waals surface area (Å²) in [5.74, 6) is 0.835. The Kier molecular flexibility index (Phi) is 4.57. The number of Topliss-reactive ketones (excluding diaryl/α,β-unsaturated/α-hetero) is 1. The third-order valence-corrected chi connectivity index (χ3v) is 5.90. The number of hydrogen-bond donors (Lipinski definition) is 2. The van der Waals surface area contributed by atoms with E-state index >= 15 is 0 Å². The van der Waals surface area contributed by atoms with Crippen molar-refractivity contribution in [2.24, 2.45) is 5.41 Å². The Morgan fingerprint density at radius 1 is 1.25 bits per heavy atom. The fourth-order valence-corrected chi connectivity index (χ4v) is 4.52. The summed E-state index contributed by atoms with van der Waals surface area (Å²) in [6.07, 6.45) is 3.06. The van der Waals surface area contributed by atoms with Crippen molar-refractivity contribution in [2.45, 2.75) is 37.8 Å². The van der Waals surface area contributed by atoms with Crippen molar-refractivity contribution in [3.63, 3.8) is 0 Å². The second-order valence-electron chi connectivity index (χ2n) is 8.01. The molecule has 2 N–H and O–H groups in total. The predicted octanol–water partition coefficient (Wildman–Crippen LogP) is 3.70. The summed E-state index contributed by atoms with van der Waals surface area (Å²) in [6, 6.07) is 7.55. The number of allylic oxidation sites excluding steroid dienone is 2. The zero-order valence-corrected chi connectivity index (χ0v) is 17.2. The normalized spacial score (nSPS) is 20.3. The lowest BCUT2D eigenvalue weighted by Gasteiger charge is -2.38. The predicted molar refractivity (Wildman–Crippen MR) is 110 cm³/mol. The summed E-state index contributed by atoms with van der Waals surface area (Å²) in [7, 11) is 1.60. The minimum absolute atomic E-state index is 0.0746. The molecule has 28 heavy (non-hydrogen) atoms. The maximum Gasteiger partial charge on any atom is 0.257 e. The number of ketones is 1. The minimum Gasteiger partial charge on any atom is -0.497 e. The first-order chi connectivity index (χ1) is 13.3. The van der Waals surface area contributed by atoms with E-state index < -0.39 is 5.92 Å². The number of methoxy groups -OCH3 is 1. The van der Waals surface area contributed by atoms with E-state index in [1.54, 1.807) is 7.11 Å². The lowest BCUT2D eigenvalue weighted by atomic mass is 9.69. The molecule has 1 aromatic carbocycles. The number of fused-ring (bicyclic) bond motifs is 1. The maximum atomic E-state index is 13.2. The molecule has 0 spiro atoms. The van der Waals surface area contributed by atoms with E-state index in [1.807, 2.05) is 30.5 Å². The lowest BCUT2D eigenvalue weighted by molar-refractivity contribution is -0.118. The molecule has 0 fully saturated rings. The smallest absolute Gasteiger partial charge is 0.257 e. The summed E-state index contributed by atoms with van der Waals surface area (Å²) in [4.78, 5) is 33.6. The molecule has 1 aliphatic heterocycles. The van der Waals surface area contributed by atoms with Crippen LogP contribution in [0, 0.1) is 5.41 Å². The van der Waals surface area contributed by atoms with Gasteiger partial charge in [0.25, 0.3) is 5.56 Å². The summed E-state index contributed by atoms with van der Waals surface area (Å²) in [6.45, 7) is 4.18. The molecule has 1 aliphatic carbocycles. The van der Waals surface area contributed by atoms with Gasteiger partial charge in [-0.25, -0.2) is 4.98 Å². The first-order valence-corrected chi connectivity index (χ1v) is 10.4. The lowest BCUT2D eigenvalue weighted by Crippen LogP contribution is -2.37. The average Bonchev–Trinajstić information content (AvgIpc) is 2.65. The number of hydrogen-bond acceptors (Lipinski definition) is 6. The van der Waals surface area contributed by atoms with Gasteiger partial charge in [-0.3, -0.25) is 9.59 Å². The zero-order valence-electron chi connectivity index (χ0n) is 16.4. The van der Waals surface area contributed by atoms with Gasteiger partial charge in [0.05, 0.1) is 12.7 Å². The van der Waals surface area contributed by atoms with E-state index in [9.17, 15) is 9.59 Å². The topological polar surface area (TPSA) is 84.1 Å². The van der Waals surface area contributed by atoms with Gasteiger partial charge in [0.1, 0.15) is 11.6 Å². The molecular weight excluding hydrogens is 374 g/mol.